The van der Waals surface area contributed by atoms with E-state index < -0.39 is 11.6 Å². The van der Waals surface area contributed by atoms with Crippen LogP contribution >= 0.6 is 11.6 Å². The van der Waals surface area contributed by atoms with E-state index >= 15 is 0 Å². The third kappa shape index (κ3) is 6.08. The highest BCUT2D eigenvalue weighted by atomic mass is 35.5. The van der Waals surface area contributed by atoms with E-state index in [1.54, 1.807) is 36.1 Å². The average Bonchev–Trinajstić information content (AvgIpc) is 3.18. The van der Waals surface area contributed by atoms with Gasteiger partial charge in [0.05, 0.1) is 11.6 Å². The fourth-order valence-electron chi connectivity index (χ4n) is 3.46. The Morgan fingerprint density at radius 3 is 2.35 bits per heavy atom. The van der Waals surface area contributed by atoms with E-state index in [-0.39, 0.29) is 0 Å². The van der Waals surface area contributed by atoms with Crippen molar-refractivity contribution in [2.45, 2.75) is 52.1 Å². The monoisotopic (exact) mass is 445 g/mol. The van der Waals surface area contributed by atoms with Crippen LogP contribution in [-0.2, 0) is 12.7 Å². The van der Waals surface area contributed by atoms with Crippen molar-refractivity contribution in [3.63, 3.8) is 0 Å². The zero-order valence-electron chi connectivity index (χ0n) is 18.2. The third-order valence-corrected chi connectivity index (χ3v) is 5.15. The van der Waals surface area contributed by atoms with Crippen molar-refractivity contribution in [1.82, 2.24) is 19.7 Å². The Balaban J connectivity index is 0.000000225. The number of rotatable bonds is 6. The highest BCUT2D eigenvalue weighted by molar-refractivity contribution is 6.31. The lowest BCUT2D eigenvalue weighted by Crippen LogP contribution is -2.24. The zero-order chi connectivity index (χ0) is 23.0. The molecule has 0 saturated heterocycles. The zero-order valence-corrected chi connectivity index (χ0v) is 18.9. The van der Waals surface area contributed by atoms with Gasteiger partial charge in [0, 0.05) is 23.8 Å². The highest BCUT2D eigenvalue weighted by Crippen LogP contribution is 2.34. The molecule has 31 heavy (non-hydrogen) atoms. The number of aryl methyl sites for hydroxylation is 1. The van der Waals surface area contributed by atoms with Crippen LogP contribution in [0.4, 0.5) is 8.78 Å². The first-order valence-electron chi connectivity index (χ1n) is 10.1. The van der Waals surface area contributed by atoms with Gasteiger partial charge in [-0.25, -0.2) is 9.37 Å². The second-order valence-corrected chi connectivity index (χ2v) is 7.77. The van der Waals surface area contributed by atoms with E-state index in [2.05, 4.69) is 21.3 Å². The smallest absolute Gasteiger partial charge is 0.212 e. The lowest BCUT2D eigenvalue weighted by molar-refractivity contribution is 0.118. The third-order valence-electron chi connectivity index (χ3n) is 4.94. The predicted molar refractivity (Wildman–Crippen MR) is 118 cm³/mol. The number of alkyl halides is 1. The van der Waals surface area contributed by atoms with E-state index in [0.29, 0.717) is 29.3 Å². The van der Waals surface area contributed by atoms with Gasteiger partial charge in [-0.2, -0.15) is 9.65 Å². The average molecular weight is 446 g/mol. The Bertz CT molecular complexity index is 1040. The number of aromatic nitrogens is 4. The van der Waals surface area contributed by atoms with E-state index in [1.165, 1.54) is 12.3 Å². The van der Waals surface area contributed by atoms with Gasteiger partial charge in [0.2, 0.25) is 5.95 Å². The van der Waals surface area contributed by atoms with Gasteiger partial charge in [-0.3, -0.25) is 0 Å². The molecule has 0 unspecified atom stereocenters. The molecule has 0 aliphatic rings. The molecule has 5 nitrogen and oxygen atoms in total. The molecule has 0 fully saturated rings. The van der Waals surface area contributed by atoms with Crippen molar-refractivity contribution < 1.29 is 8.78 Å². The summed E-state index contributed by atoms with van der Waals surface area (Å²) in [6.45, 7) is 5.80. The molecule has 0 amide bonds. The lowest BCUT2D eigenvalue weighted by atomic mass is 9.94. The molecule has 164 valence electrons. The molecule has 0 N–H and O–H groups in total. The number of nitriles is 1. The maximum atomic E-state index is 14.5. The van der Waals surface area contributed by atoms with E-state index in [0.717, 1.165) is 29.5 Å². The van der Waals surface area contributed by atoms with Crippen molar-refractivity contribution in [2.75, 3.05) is 0 Å². The molecule has 8 heteroatoms. The molecule has 0 aliphatic carbocycles. The van der Waals surface area contributed by atoms with Crippen molar-refractivity contribution >= 4 is 11.6 Å². The first-order chi connectivity index (χ1) is 14.8. The Kier molecular flexibility index (Phi) is 8.64. The Morgan fingerprint density at radius 1 is 1.19 bits per heavy atom. The first-order valence-corrected chi connectivity index (χ1v) is 10.5. The number of halogens is 3. The Labute approximate surface area is 186 Å². The highest BCUT2D eigenvalue weighted by Gasteiger charge is 2.34. The number of benzene rings is 1. The fraction of sp³-hybridized carbons (Fsp3) is 0.391. The van der Waals surface area contributed by atoms with Crippen molar-refractivity contribution in [3.05, 3.63) is 64.7 Å². The summed E-state index contributed by atoms with van der Waals surface area (Å²) in [5.74, 6) is -0.0739. The van der Waals surface area contributed by atoms with Gasteiger partial charge in [-0.05, 0) is 55.2 Å². The summed E-state index contributed by atoms with van der Waals surface area (Å²) >= 11 is 5.94. The number of hydrogen-bond acceptors (Lipinski definition) is 4. The molecule has 2 aromatic heterocycles. The largest absolute Gasteiger partial charge is 0.318 e. The molecule has 0 bridgehead atoms. The number of pyridine rings is 1. The first kappa shape index (κ1) is 24.4. The predicted octanol–water partition coefficient (Wildman–Crippen LogP) is 6.30. The van der Waals surface area contributed by atoms with Crippen LogP contribution in [0.25, 0.3) is 11.1 Å². The van der Waals surface area contributed by atoms with Crippen LogP contribution in [0, 0.1) is 24.2 Å². The second-order valence-electron chi connectivity index (χ2n) is 7.34. The Hall–Kier alpha value is -2.85. The lowest BCUT2D eigenvalue weighted by Gasteiger charge is -2.22. The van der Waals surface area contributed by atoms with E-state index in [1.807, 2.05) is 20.8 Å². The van der Waals surface area contributed by atoms with Crippen LogP contribution in [0.3, 0.4) is 0 Å². The van der Waals surface area contributed by atoms with Gasteiger partial charge in [-0.1, -0.05) is 38.3 Å². The molecule has 2 heterocycles. The molecule has 0 atom stereocenters. The van der Waals surface area contributed by atoms with Crippen LogP contribution in [0.15, 0.2) is 36.8 Å². The quantitative estimate of drug-likeness (QED) is 0.417. The molecule has 0 saturated carbocycles. The minimum absolute atomic E-state index is 0.459. The fourth-order valence-corrected chi connectivity index (χ4v) is 3.68. The van der Waals surface area contributed by atoms with Gasteiger partial charge in [0.25, 0.3) is 0 Å². The standard InChI is InChI=1S/C13H8ClFN2.C10H18FN3/c1-8-10(6-16)4-11(14)5-12(8)9-2-3-13(15)17-7-9;1-4-6-10(11,7-5-2)9-13-12-8-14(9)3/h2-5,7H,1H3;8H,4-7H2,1-3H3. The second kappa shape index (κ2) is 11.0. The van der Waals surface area contributed by atoms with Gasteiger partial charge < -0.3 is 4.57 Å². The SMILES string of the molecule is CCCC(F)(CCC)c1nncn1C.Cc1c(C#N)cc(Cl)cc1-c1ccc(F)nc1. The molecule has 0 aliphatic heterocycles. The van der Waals surface area contributed by atoms with Crippen LogP contribution in [-0.4, -0.2) is 19.7 Å². The summed E-state index contributed by atoms with van der Waals surface area (Å²) < 4.78 is 28.9. The van der Waals surface area contributed by atoms with Crippen LogP contribution < -0.4 is 0 Å². The molecular formula is C23H26ClF2N5. The van der Waals surface area contributed by atoms with Gasteiger partial charge >= 0.3 is 0 Å². The summed E-state index contributed by atoms with van der Waals surface area (Å²) in [6, 6.07) is 8.32. The van der Waals surface area contributed by atoms with Gasteiger partial charge in [-0.15, -0.1) is 10.2 Å². The van der Waals surface area contributed by atoms with Gasteiger partial charge in [0.1, 0.15) is 6.33 Å². The van der Waals surface area contributed by atoms with E-state index in [9.17, 15) is 8.78 Å². The number of nitrogens with zero attached hydrogens (tertiary/aromatic N) is 5. The summed E-state index contributed by atoms with van der Waals surface area (Å²) in [7, 11) is 1.79. The minimum atomic E-state index is -1.30. The van der Waals surface area contributed by atoms with Crippen molar-refractivity contribution in [2.24, 2.45) is 7.05 Å². The molecular weight excluding hydrogens is 420 g/mol. The minimum Gasteiger partial charge on any atom is -0.318 e. The summed E-state index contributed by atoms with van der Waals surface area (Å²) in [5.41, 5.74) is 1.56. The molecule has 3 rings (SSSR count). The van der Waals surface area contributed by atoms with Crippen LogP contribution in [0.1, 0.15) is 56.5 Å². The van der Waals surface area contributed by atoms with Gasteiger partial charge in [0.15, 0.2) is 11.5 Å². The molecule has 3 aromatic rings. The number of hydrogen-bond donors (Lipinski definition) is 0. The van der Waals surface area contributed by atoms with Crippen LogP contribution in [0.5, 0.6) is 0 Å². The normalized spacial score (nSPS) is 10.9. The van der Waals surface area contributed by atoms with E-state index in [4.69, 9.17) is 16.9 Å². The topological polar surface area (TPSA) is 67.4 Å². The molecule has 1 aromatic carbocycles. The maximum Gasteiger partial charge on any atom is 0.212 e. The van der Waals surface area contributed by atoms with Crippen molar-refractivity contribution in [1.29, 1.82) is 5.26 Å². The summed E-state index contributed by atoms with van der Waals surface area (Å²) in [5, 5.41) is 17.0. The summed E-state index contributed by atoms with van der Waals surface area (Å²) in [4.78, 5) is 3.59. The maximum absolute atomic E-state index is 14.5. The Morgan fingerprint density at radius 2 is 1.87 bits per heavy atom. The molecule has 0 radical (unpaired) electrons. The van der Waals surface area contributed by atoms with Crippen molar-refractivity contribution in [3.8, 4) is 17.2 Å². The summed E-state index contributed by atoms with van der Waals surface area (Å²) in [6.07, 6.45) is 5.66. The van der Waals surface area contributed by atoms with Crippen LogP contribution in [0.2, 0.25) is 5.02 Å². The molecule has 0 spiro atoms.